The van der Waals surface area contributed by atoms with Gasteiger partial charge in [-0.25, -0.2) is 4.98 Å². The Labute approximate surface area is 112 Å². The highest BCUT2D eigenvalue weighted by Crippen LogP contribution is 2.23. The number of carbonyl (C=O) groups is 1. The highest BCUT2D eigenvalue weighted by Gasteiger charge is 2.14. The Morgan fingerprint density at radius 2 is 2.22 bits per heavy atom. The molecule has 0 aliphatic rings. The van der Waals surface area contributed by atoms with Crippen molar-refractivity contribution in [3.63, 3.8) is 0 Å². The molecule has 0 unspecified atom stereocenters. The third-order valence-corrected chi connectivity index (χ3v) is 3.17. The van der Waals surface area contributed by atoms with Crippen LogP contribution in [0.1, 0.15) is 10.4 Å². The van der Waals surface area contributed by atoms with E-state index >= 15 is 0 Å². The van der Waals surface area contributed by atoms with E-state index in [2.05, 4.69) is 20.9 Å². The third-order valence-electron chi connectivity index (χ3n) is 2.66. The fourth-order valence-electron chi connectivity index (χ4n) is 1.70. The van der Waals surface area contributed by atoms with Gasteiger partial charge < -0.3 is 9.30 Å². The number of carbonyl (C=O) groups excluding carboxylic acids is 1. The Kier molecular flexibility index (Phi) is 3.47. The van der Waals surface area contributed by atoms with Crippen molar-refractivity contribution in [3.05, 3.63) is 34.4 Å². The number of halogens is 1. The molecular weight excluding hydrogens is 300 g/mol. The monoisotopic (exact) mass is 310 g/mol. The highest BCUT2D eigenvalue weighted by molar-refractivity contribution is 9.09. The van der Waals surface area contributed by atoms with Crippen LogP contribution in [0.2, 0.25) is 0 Å². The second-order valence-electron chi connectivity index (χ2n) is 3.79. The quantitative estimate of drug-likeness (QED) is 0.637. The minimum absolute atomic E-state index is 0.115. The van der Waals surface area contributed by atoms with Crippen LogP contribution in [0.4, 0.5) is 0 Å². The number of benzene rings is 1. The van der Waals surface area contributed by atoms with Crippen molar-refractivity contribution in [2.75, 3.05) is 12.4 Å². The van der Waals surface area contributed by atoms with Crippen LogP contribution in [-0.4, -0.2) is 27.8 Å². The Balaban J connectivity index is 2.81. The molecule has 0 bridgehead atoms. The predicted molar refractivity (Wildman–Crippen MR) is 71.7 cm³/mol. The van der Waals surface area contributed by atoms with Gasteiger partial charge in [0.15, 0.2) is 5.78 Å². The van der Waals surface area contributed by atoms with Crippen LogP contribution >= 0.6 is 15.9 Å². The molecule has 1 aromatic carbocycles. The van der Waals surface area contributed by atoms with Crippen LogP contribution in [0.3, 0.4) is 0 Å². The number of rotatable bonds is 3. The van der Waals surface area contributed by atoms with Crippen LogP contribution in [0.15, 0.2) is 23.3 Å². The Morgan fingerprint density at radius 3 is 2.83 bits per heavy atom. The number of hydrogen-bond donors (Lipinski definition) is 0. The van der Waals surface area contributed by atoms with E-state index in [0.717, 1.165) is 0 Å². The summed E-state index contributed by atoms with van der Waals surface area (Å²) in [7, 11) is 3.09. The summed E-state index contributed by atoms with van der Waals surface area (Å²) in [6, 6.07) is 3.14. The zero-order valence-electron chi connectivity index (χ0n) is 9.94. The molecule has 0 atom stereocenters. The molecule has 1 heterocycles. The molecule has 0 saturated carbocycles. The van der Waals surface area contributed by atoms with Gasteiger partial charge in [-0.1, -0.05) is 15.9 Å². The number of fused-ring (bicyclic) bond motifs is 1. The molecule has 0 saturated heterocycles. The summed E-state index contributed by atoms with van der Waals surface area (Å²) in [6.07, 6.45) is 1.43. The minimum atomic E-state index is -0.170. The Hall–Kier alpha value is -1.69. The van der Waals surface area contributed by atoms with Crippen molar-refractivity contribution in [3.8, 4) is 5.75 Å². The number of aromatic nitrogens is 2. The van der Waals surface area contributed by atoms with E-state index in [1.165, 1.54) is 18.0 Å². The number of ketones is 1. The van der Waals surface area contributed by atoms with E-state index in [0.29, 0.717) is 22.2 Å². The molecule has 2 rings (SSSR count). The molecule has 0 spiro atoms. The average Bonchev–Trinajstić information content (AvgIpc) is 2.41. The summed E-state index contributed by atoms with van der Waals surface area (Å²) in [5.41, 5.74) is 0.738. The van der Waals surface area contributed by atoms with Gasteiger partial charge in [0.1, 0.15) is 5.75 Å². The van der Waals surface area contributed by atoms with Crippen molar-refractivity contribution >= 4 is 32.6 Å². The van der Waals surface area contributed by atoms with Crippen LogP contribution in [0.25, 0.3) is 10.9 Å². The summed E-state index contributed by atoms with van der Waals surface area (Å²) in [6.45, 7) is 0. The summed E-state index contributed by atoms with van der Waals surface area (Å²) in [5.74, 6) is 0.272. The molecule has 0 aliphatic heterocycles. The van der Waals surface area contributed by atoms with Gasteiger partial charge in [-0.2, -0.15) is 0 Å². The van der Waals surface area contributed by atoms with Gasteiger partial charge in [0.25, 0.3) is 5.56 Å². The van der Waals surface area contributed by atoms with Crippen molar-refractivity contribution in [2.45, 2.75) is 0 Å². The summed E-state index contributed by atoms with van der Waals surface area (Å²) in [5, 5.41) is 0.627. The second-order valence-corrected chi connectivity index (χ2v) is 4.35. The number of ether oxygens (including phenoxy) is 1. The lowest BCUT2D eigenvalue weighted by atomic mass is 10.1. The van der Waals surface area contributed by atoms with Crippen LogP contribution in [0.5, 0.6) is 5.75 Å². The maximum atomic E-state index is 11.9. The van der Waals surface area contributed by atoms with Crippen molar-refractivity contribution in [2.24, 2.45) is 7.05 Å². The highest BCUT2D eigenvalue weighted by atomic mass is 79.9. The second kappa shape index (κ2) is 4.89. The number of aryl methyl sites for hydroxylation is 1. The molecule has 1 aromatic heterocycles. The van der Waals surface area contributed by atoms with Crippen LogP contribution in [0, 0.1) is 0 Å². The lowest BCUT2D eigenvalue weighted by Gasteiger charge is -2.08. The number of methoxy groups -OCH3 is 1. The molecule has 0 fully saturated rings. The van der Waals surface area contributed by atoms with E-state index in [4.69, 9.17) is 4.74 Å². The summed E-state index contributed by atoms with van der Waals surface area (Å²) >= 11 is 3.11. The van der Waals surface area contributed by atoms with Gasteiger partial charge in [-0.05, 0) is 12.1 Å². The summed E-state index contributed by atoms with van der Waals surface area (Å²) in [4.78, 5) is 27.8. The molecule has 0 N–H and O–H groups in total. The number of Topliss-reactive ketones (excluding diaryl/α,β-unsaturated/α-hetero) is 1. The molecule has 0 radical (unpaired) electrons. The minimum Gasteiger partial charge on any atom is -0.496 e. The van der Waals surface area contributed by atoms with Crippen molar-refractivity contribution in [1.29, 1.82) is 0 Å². The first-order chi connectivity index (χ1) is 8.58. The molecule has 0 aliphatic carbocycles. The molecule has 2 aromatic rings. The SMILES string of the molecule is COc1cc2c(=O)n(C)cnc2cc1C(=O)CBr. The first kappa shape index (κ1) is 12.8. The fraction of sp³-hybridized carbons (Fsp3) is 0.250. The largest absolute Gasteiger partial charge is 0.496 e. The van der Waals surface area contributed by atoms with E-state index in [-0.39, 0.29) is 16.7 Å². The molecule has 94 valence electrons. The van der Waals surface area contributed by atoms with E-state index in [9.17, 15) is 9.59 Å². The topological polar surface area (TPSA) is 61.2 Å². The fourth-order valence-corrected chi connectivity index (χ4v) is 2.00. The van der Waals surface area contributed by atoms with Gasteiger partial charge in [0.2, 0.25) is 0 Å². The Bertz CT molecular complexity index is 679. The zero-order valence-corrected chi connectivity index (χ0v) is 11.5. The Morgan fingerprint density at radius 1 is 1.50 bits per heavy atom. The van der Waals surface area contributed by atoms with Gasteiger partial charge in [0, 0.05) is 7.05 Å². The molecular formula is C12H11BrN2O3. The average molecular weight is 311 g/mol. The van der Waals surface area contributed by atoms with Gasteiger partial charge in [0.05, 0.1) is 35.2 Å². The first-order valence-electron chi connectivity index (χ1n) is 5.21. The molecule has 18 heavy (non-hydrogen) atoms. The van der Waals surface area contributed by atoms with Crippen LogP contribution in [-0.2, 0) is 7.05 Å². The van der Waals surface area contributed by atoms with Crippen molar-refractivity contribution < 1.29 is 9.53 Å². The van der Waals surface area contributed by atoms with Crippen molar-refractivity contribution in [1.82, 2.24) is 9.55 Å². The maximum absolute atomic E-state index is 11.9. The first-order valence-corrected chi connectivity index (χ1v) is 6.33. The van der Waals surface area contributed by atoms with E-state index in [1.807, 2.05) is 0 Å². The van der Waals surface area contributed by atoms with Gasteiger partial charge >= 0.3 is 0 Å². The van der Waals surface area contributed by atoms with E-state index < -0.39 is 0 Å². The molecule has 0 amide bonds. The lowest BCUT2D eigenvalue weighted by molar-refractivity contribution is 0.102. The number of alkyl halides is 1. The smallest absolute Gasteiger partial charge is 0.261 e. The van der Waals surface area contributed by atoms with E-state index in [1.54, 1.807) is 19.2 Å². The zero-order chi connectivity index (χ0) is 13.3. The molecule has 6 heteroatoms. The van der Waals surface area contributed by atoms with Gasteiger partial charge in [-0.15, -0.1) is 0 Å². The third kappa shape index (κ3) is 2.03. The van der Waals surface area contributed by atoms with Crippen LogP contribution < -0.4 is 10.3 Å². The predicted octanol–water partition coefficient (Wildman–Crippen LogP) is 1.52. The standard InChI is InChI=1S/C12H11BrN2O3/c1-15-6-14-9-3-8(10(16)5-13)11(18-2)4-7(9)12(15)17/h3-4,6H,5H2,1-2H3. The number of nitrogens with zero attached hydrogens (tertiary/aromatic N) is 2. The number of hydrogen-bond acceptors (Lipinski definition) is 4. The van der Waals surface area contributed by atoms with Gasteiger partial charge in [-0.3, -0.25) is 9.59 Å². The molecule has 5 nitrogen and oxygen atoms in total. The normalized spacial score (nSPS) is 10.6. The summed E-state index contributed by atoms with van der Waals surface area (Å²) < 4.78 is 6.54. The lowest BCUT2D eigenvalue weighted by Crippen LogP contribution is -2.17. The maximum Gasteiger partial charge on any atom is 0.261 e.